The Hall–Kier alpha value is -1.81. The van der Waals surface area contributed by atoms with Crippen LogP contribution in [0.15, 0.2) is 40.9 Å². The van der Waals surface area contributed by atoms with Crippen LogP contribution in [-0.2, 0) is 12.8 Å². The molecule has 0 aliphatic carbocycles. The van der Waals surface area contributed by atoms with Crippen LogP contribution in [0.3, 0.4) is 0 Å². The molecular formula is C17H17BrN2O. The molecule has 0 fully saturated rings. The highest BCUT2D eigenvalue weighted by atomic mass is 79.9. The fraction of sp³-hybridized carbons (Fsp3) is 0.235. The van der Waals surface area contributed by atoms with Gasteiger partial charge in [0.25, 0.3) is 0 Å². The maximum atomic E-state index is 5.20. The van der Waals surface area contributed by atoms with Crippen molar-refractivity contribution in [3.8, 4) is 5.75 Å². The summed E-state index contributed by atoms with van der Waals surface area (Å²) in [6.45, 7) is 2.14. The Kier molecular flexibility index (Phi) is 3.97. The fourth-order valence-corrected chi connectivity index (χ4v) is 2.97. The molecule has 0 radical (unpaired) electrons. The summed E-state index contributed by atoms with van der Waals surface area (Å²) in [6, 6.07) is 12.5. The molecule has 1 N–H and O–H groups in total. The van der Waals surface area contributed by atoms with Crippen molar-refractivity contribution >= 4 is 26.8 Å². The van der Waals surface area contributed by atoms with Gasteiger partial charge in [-0.1, -0.05) is 35.0 Å². The molecule has 1 heterocycles. The van der Waals surface area contributed by atoms with Crippen LogP contribution in [0.4, 0.5) is 0 Å². The monoisotopic (exact) mass is 344 g/mol. The van der Waals surface area contributed by atoms with E-state index in [1.54, 1.807) is 7.11 Å². The summed E-state index contributed by atoms with van der Waals surface area (Å²) in [5.74, 6) is 0.886. The molecule has 0 unspecified atom stereocenters. The summed E-state index contributed by atoms with van der Waals surface area (Å²) in [6.07, 6.45) is 1.84. The van der Waals surface area contributed by atoms with Gasteiger partial charge in [0.2, 0.25) is 0 Å². The van der Waals surface area contributed by atoms with E-state index in [2.05, 4.69) is 57.3 Å². The third-order valence-electron chi connectivity index (χ3n) is 3.71. The van der Waals surface area contributed by atoms with E-state index in [0.717, 1.165) is 28.6 Å². The van der Waals surface area contributed by atoms with Gasteiger partial charge in [0.15, 0.2) is 0 Å². The quantitative estimate of drug-likeness (QED) is 0.757. The van der Waals surface area contributed by atoms with Gasteiger partial charge in [-0.25, -0.2) is 0 Å². The van der Waals surface area contributed by atoms with Crippen LogP contribution in [0.1, 0.15) is 23.7 Å². The van der Waals surface area contributed by atoms with Crippen molar-refractivity contribution in [2.24, 2.45) is 0 Å². The first kappa shape index (κ1) is 14.1. The first-order valence-corrected chi connectivity index (χ1v) is 7.79. The number of nitrogens with one attached hydrogen (secondary N) is 1. The lowest BCUT2D eigenvalue weighted by Crippen LogP contribution is -1.91. The highest BCUT2D eigenvalue weighted by molar-refractivity contribution is 9.10. The Balaban J connectivity index is 1.96. The molecule has 0 saturated heterocycles. The van der Waals surface area contributed by atoms with E-state index < -0.39 is 0 Å². The van der Waals surface area contributed by atoms with Crippen molar-refractivity contribution < 1.29 is 4.74 Å². The Labute approximate surface area is 132 Å². The van der Waals surface area contributed by atoms with Crippen LogP contribution in [-0.4, -0.2) is 17.3 Å². The fourth-order valence-electron chi connectivity index (χ4n) is 2.50. The molecule has 0 atom stereocenters. The number of halogens is 1. The normalized spacial score (nSPS) is 11.0. The number of ether oxygens (including phenoxy) is 1. The molecule has 0 saturated carbocycles. The molecule has 1 aromatic heterocycles. The Morgan fingerprint density at radius 2 is 1.95 bits per heavy atom. The molecule has 0 aliphatic rings. The van der Waals surface area contributed by atoms with E-state index >= 15 is 0 Å². The lowest BCUT2D eigenvalue weighted by Gasteiger charge is -2.07. The summed E-state index contributed by atoms with van der Waals surface area (Å²) in [5, 5.41) is 8.67. The first-order valence-electron chi connectivity index (χ1n) is 6.99. The lowest BCUT2D eigenvalue weighted by atomic mass is 10.0. The number of aromatic amines is 1. The van der Waals surface area contributed by atoms with Gasteiger partial charge in [-0.15, -0.1) is 0 Å². The number of methoxy groups -OCH3 is 1. The van der Waals surface area contributed by atoms with Crippen molar-refractivity contribution in [1.29, 1.82) is 0 Å². The zero-order valence-corrected chi connectivity index (χ0v) is 13.7. The molecule has 0 bridgehead atoms. The number of benzene rings is 2. The second-order valence-electron chi connectivity index (χ2n) is 5.04. The molecule has 21 heavy (non-hydrogen) atoms. The van der Waals surface area contributed by atoms with Crippen LogP contribution in [0.2, 0.25) is 0 Å². The average Bonchev–Trinajstić information content (AvgIpc) is 2.90. The highest BCUT2D eigenvalue weighted by Crippen LogP contribution is 2.27. The molecule has 0 amide bonds. The topological polar surface area (TPSA) is 37.9 Å². The summed E-state index contributed by atoms with van der Waals surface area (Å²) in [4.78, 5) is 0. The van der Waals surface area contributed by atoms with Crippen molar-refractivity contribution in [3.05, 3.63) is 57.7 Å². The van der Waals surface area contributed by atoms with E-state index in [1.807, 2.05) is 12.1 Å². The second kappa shape index (κ2) is 5.90. The van der Waals surface area contributed by atoms with E-state index in [1.165, 1.54) is 22.2 Å². The molecule has 3 aromatic rings. The zero-order valence-electron chi connectivity index (χ0n) is 12.1. The third-order valence-corrected chi connectivity index (χ3v) is 4.45. The largest absolute Gasteiger partial charge is 0.497 e. The van der Waals surface area contributed by atoms with Gasteiger partial charge in [0, 0.05) is 15.6 Å². The van der Waals surface area contributed by atoms with Crippen molar-refractivity contribution in [3.63, 3.8) is 0 Å². The van der Waals surface area contributed by atoms with E-state index in [-0.39, 0.29) is 0 Å². The number of hydrogen-bond acceptors (Lipinski definition) is 2. The van der Waals surface area contributed by atoms with Gasteiger partial charge in [-0.05, 0) is 48.2 Å². The lowest BCUT2D eigenvalue weighted by molar-refractivity contribution is 0.414. The van der Waals surface area contributed by atoms with Gasteiger partial charge in [0.05, 0.1) is 12.6 Å². The summed E-state index contributed by atoms with van der Waals surface area (Å²) < 4.78 is 6.30. The smallest absolute Gasteiger partial charge is 0.118 e. The molecule has 3 rings (SSSR count). The number of hydrogen-bond donors (Lipinski definition) is 1. The first-order chi connectivity index (χ1) is 10.2. The van der Waals surface area contributed by atoms with Gasteiger partial charge < -0.3 is 4.74 Å². The number of aromatic nitrogens is 2. The van der Waals surface area contributed by atoms with Gasteiger partial charge in [-0.2, -0.15) is 5.10 Å². The molecule has 0 aliphatic heterocycles. The van der Waals surface area contributed by atoms with Gasteiger partial charge in [0.1, 0.15) is 5.75 Å². The minimum absolute atomic E-state index is 0.884. The van der Waals surface area contributed by atoms with Crippen molar-refractivity contribution in [2.45, 2.75) is 19.8 Å². The van der Waals surface area contributed by atoms with Gasteiger partial charge in [-0.3, -0.25) is 5.10 Å². The predicted molar refractivity (Wildman–Crippen MR) is 89.0 cm³/mol. The molecule has 3 nitrogen and oxygen atoms in total. The Morgan fingerprint density at radius 1 is 1.19 bits per heavy atom. The maximum Gasteiger partial charge on any atom is 0.118 e. The minimum atomic E-state index is 0.884. The number of fused-ring (bicyclic) bond motifs is 1. The standard InChI is InChI=1S/C17H17BrN2O/c1-3-16-14-9-12(15(18)10-17(14)20-19-16)8-11-4-6-13(21-2)7-5-11/h4-7,9-10H,3,8H2,1-2H3,(H,19,20). The summed E-state index contributed by atoms with van der Waals surface area (Å²) in [5.41, 5.74) is 4.73. The van der Waals surface area contributed by atoms with Crippen LogP contribution in [0.25, 0.3) is 10.9 Å². The zero-order chi connectivity index (χ0) is 14.8. The van der Waals surface area contributed by atoms with E-state index in [0.29, 0.717) is 0 Å². The van der Waals surface area contributed by atoms with Gasteiger partial charge >= 0.3 is 0 Å². The molecule has 108 valence electrons. The van der Waals surface area contributed by atoms with Crippen LogP contribution >= 0.6 is 15.9 Å². The number of H-pyrrole nitrogens is 1. The van der Waals surface area contributed by atoms with Crippen LogP contribution in [0.5, 0.6) is 5.75 Å². The number of rotatable bonds is 4. The second-order valence-corrected chi connectivity index (χ2v) is 5.90. The Bertz CT molecular complexity index is 762. The number of nitrogens with zero attached hydrogens (tertiary/aromatic N) is 1. The molecular weight excluding hydrogens is 328 g/mol. The molecule has 0 spiro atoms. The van der Waals surface area contributed by atoms with Crippen molar-refractivity contribution in [2.75, 3.05) is 7.11 Å². The molecule has 4 heteroatoms. The van der Waals surface area contributed by atoms with Crippen LogP contribution < -0.4 is 4.74 Å². The maximum absolute atomic E-state index is 5.20. The van der Waals surface area contributed by atoms with Crippen molar-refractivity contribution in [1.82, 2.24) is 10.2 Å². The van der Waals surface area contributed by atoms with Crippen LogP contribution in [0, 0.1) is 0 Å². The minimum Gasteiger partial charge on any atom is -0.497 e. The SMILES string of the molecule is CCc1[nH]nc2cc(Br)c(Cc3ccc(OC)cc3)cc12. The number of aryl methyl sites for hydroxylation is 1. The Morgan fingerprint density at radius 3 is 2.62 bits per heavy atom. The summed E-state index contributed by atoms with van der Waals surface area (Å²) >= 11 is 3.66. The third kappa shape index (κ3) is 2.81. The average molecular weight is 345 g/mol. The van der Waals surface area contributed by atoms with E-state index in [4.69, 9.17) is 4.74 Å². The summed E-state index contributed by atoms with van der Waals surface area (Å²) in [7, 11) is 1.69. The highest BCUT2D eigenvalue weighted by Gasteiger charge is 2.09. The molecule has 2 aromatic carbocycles. The van der Waals surface area contributed by atoms with E-state index in [9.17, 15) is 0 Å². The predicted octanol–water partition coefficient (Wildman–Crippen LogP) is 4.49.